The number of fused-ring (bicyclic) bond motifs is 1. The molecule has 0 bridgehead atoms. The Balaban J connectivity index is 1.56. The van der Waals surface area contributed by atoms with E-state index in [-0.39, 0.29) is 17.5 Å². The number of non-ortho nitro benzene ring substituents is 2. The van der Waals surface area contributed by atoms with Crippen molar-refractivity contribution in [2.24, 2.45) is 0 Å². The number of nitro groups is 2. The number of aromatic nitrogens is 2. The van der Waals surface area contributed by atoms with Crippen molar-refractivity contribution in [3.63, 3.8) is 0 Å². The summed E-state index contributed by atoms with van der Waals surface area (Å²) in [4.78, 5) is 32.8. The Morgan fingerprint density at radius 3 is 2.27 bits per heavy atom. The molecule has 0 saturated heterocycles. The maximum absolute atomic E-state index is 12.4. The number of hydrogen-bond donors (Lipinski definition) is 1. The molecule has 152 valence electrons. The first kappa shape index (κ1) is 19.2. The van der Waals surface area contributed by atoms with E-state index in [2.05, 4.69) is 15.5 Å². The first-order valence-electron chi connectivity index (χ1n) is 9.11. The van der Waals surface area contributed by atoms with E-state index in [1.165, 1.54) is 17.5 Å². The van der Waals surface area contributed by atoms with Crippen LogP contribution in [0.2, 0.25) is 0 Å². The van der Waals surface area contributed by atoms with Gasteiger partial charge in [0.25, 0.3) is 17.3 Å². The van der Waals surface area contributed by atoms with E-state index < -0.39 is 27.1 Å². The van der Waals surface area contributed by atoms with Gasteiger partial charge in [-0.15, -0.1) is 5.10 Å². The average molecular weight is 409 g/mol. The van der Waals surface area contributed by atoms with Crippen LogP contribution in [-0.2, 0) is 12.8 Å². The number of anilines is 1. The van der Waals surface area contributed by atoms with Gasteiger partial charge >= 0.3 is 6.01 Å². The number of nitro benzene ring substituents is 2. The van der Waals surface area contributed by atoms with Crippen LogP contribution < -0.4 is 5.32 Å². The molecule has 0 saturated carbocycles. The maximum Gasteiger partial charge on any atom is 0.322 e. The fraction of sp³-hybridized carbons (Fsp3) is 0.211. The Morgan fingerprint density at radius 1 is 0.933 bits per heavy atom. The SMILES string of the molecule is O=C(Nc1nnc(-c2ccc3c(c2)CCCC3)o1)c1cc([N+](=O)[O-])cc([N+](=O)[O-])c1. The molecule has 1 aliphatic rings. The lowest BCUT2D eigenvalue weighted by atomic mass is 9.90. The van der Waals surface area contributed by atoms with Gasteiger partial charge in [0.15, 0.2) is 0 Å². The lowest BCUT2D eigenvalue weighted by Gasteiger charge is -2.15. The van der Waals surface area contributed by atoms with Gasteiger partial charge in [-0.1, -0.05) is 11.2 Å². The third-order valence-corrected chi connectivity index (χ3v) is 4.83. The Labute approximate surface area is 169 Å². The van der Waals surface area contributed by atoms with Gasteiger partial charge in [0, 0.05) is 17.7 Å². The van der Waals surface area contributed by atoms with Crippen molar-refractivity contribution in [3.8, 4) is 11.5 Å². The molecule has 2 aromatic carbocycles. The maximum atomic E-state index is 12.4. The molecule has 1 amide bonds. The molecular formula is C19H15N5O6. The van der Waals surface area contributed by atoms with Crippen molar-refractivity contribution in [2.45, 2.75) is 25.7 Å². The number of carbonyl (C=O) groups excluding carboxylic acids is 1. The molecule has 30 heavy (non-hydrogen) atoms. The summed E-state index contributed by atoms with van der Waals surface area (Å²) in [5.41, 5.74) is 1.82. The molecular weight excluding hydrogens is 394 g/mol. The minimum atomic E-state index is -0.845. The zero-order chi connectivity index (χ0) is 21.3. The molecule has 1 heterocycles. The van der Waals surface area contributed by atoms with Gasteiger partial charge in [-0.25, -0.2) is 0 Å². The summed E-state index contributed by atoms with van der Waals surface area (Å²) in [7, 11) is 0. The topological polar surface area (TPSA) is 154 Å². The van der Waals surface area contributed by atoms with Gasteiger partial charge in [0.2, 0.25) is 5.89 Å². The van der Waals surface area contributed by atoms with Crippen LogP contribution in [0.1, 0.15) is 34.3 Å². The fourth-order valence-electron chi connectivity index (χ4n) is 3.36. The first-order chi connectivity index (χ1) is 14.4. The summed E-state index contributed by atoms with van der Waals surface area (Å²) in [5, 5.41) is 32.0. The van der Waals surface area contributed by atoms with E-state index in [0.29, 0.717) is 0 Å². The van der Waals surface area contributed by atoms with Crippen LogP contribution in [0.15, 0.2) is 40.8 Å². The summed E-state index contributed by atoms with van der Waals surface area (Å²) >= 11 is 0. The molecule has 0 fully saturated rings. The highest BCUT2D eigenvalue weighted by molar-refractivity contribution is 6.04. The van der Waals surface area contributed by atoms with Crippen LogP contribution in [0.4, 0.5) is 17.4 Å². The number of carbonyl (C=O) groups is 1. The molecule has 3 aromatic rings. The van der Waals surface area contributed by atoms with E-state index in [9.17, 15) is 25.0 Å². The summed E-state index contributed by atoms with van der Waals surface area (Å²) in [6.45, 7) is 0. The van der Waals surface area contributed by atoms with Crippen LogP contribution >= 0.6 is 0 Å². The van der Waals surface area contributed by atoms with E-state index in [4.69, 9.17) is 4.42 Å². The second-order valence-electron chi connectivity index (χ2n) is 6.81. The molecule has 1 N–H and O–H groups in total. The van der Waals surface area contributed by atoms with Crippen molar-refractivity contribution in [3.05, 3.63) is 73.3 Å². The quantitative estimate of drug-likeness (QED) is 0.494. The second kappa shape index (κ2) is 7.70. The Hall–Kier alpha value is -4.15. The Morgan fingerprint density at radius 2 is 1.60 bits per heavy atom. The standard InChI is InChI=1S/C19H15N5O6/c25-17(14-8-15(23(26)27)10-16(9-14)24(28)29)20-19-22-21-18(30-19)13-6-5-11-3-1-2-4-12(11)7-13/h5-10H,1-4H2,(H,20,22,25). The van der Waals surface area contributed by atoms with Gasteiger partial charge in [-0.05, 0) is 48.9 Å². The Bertz CT molecular complexity index is 1140. The first-order valence-corrected chi connectivity index (χ1v) is 9.11. The second-order valence-corrected chi connectivity index (χ2v) is 6.81. The largest absolute Gasteiger partial charge is 0.403 e. The minimum Gasteiger partial charge on any atom is -0.403 e. The van der Waals surface area contributed by atoms with E-state index in [0.717, 1.165) is 43.0 Å². The lowest BCUT2D eigenvalue weighted by Crippen LogP contribution is -2.13. The smallest absolute Gasteiger partial charge is 0.322 e. The van der Waals surface area contributed by atoms with E-state index in [1.807, 2.05) is 18.2 Å². The molecule has 0 unspecified atom stereocenters. The number of nitrogens with one attached hydrogen (secondary N) is 1. The van der Waals surface area contributed by atoms with E-state index >= 15 is 0 Å². The predicted octanol–water partition coefficient (Wildman–Crippen LogP) is 3.68. The third kappa shape index (κ3) is 3.85. The monoisotopic (exact) mass is 409 g/mol. The molecule has 11 heteroatoms. The van der Waals surface area contributed by atoms with Crippen molar-refractivity contribution in [1.29, 1.82) is 0 Å². The van der Waals surface area contributed by atoms with Gasteiger partial charge in [0.05, 0.1) is 21.5 Å². The number of rotatable bonds is 5. The zero-order valence-electron chi connectivity index (χ0n) is 15.5. The molecule has 0 atom stereocenters. The number of hydrogen-bond acceptors (Lipinski definition) is 8. The molecule has 1 aliphatic carbocycles. The summed E-state index contributed by atoms with van der Waals surface area (Å²) < 4.78 is 5.49. The van der Waals surface area contributed by atoms with Crippen molar-refractivity contribution < 1.29 is 19.1 Å². The van der Waals surface area contributed by atoms with Crippen molar-refractivity contribution >= 4 is 23.3 Å². The number of benzene rings is 2. The van der Waals surface area contributed by atoms with Crippen LogP contribution in [0.5, 0.6) is 0 Å². The lowest BCUT2D eigenvalue weighted by molar-refractivity contribution is -0.394. The number of nitrogens with zero attached hydrogens (tertiary/aromatic N) is 4. The number of aryl methyl sites for hydroxylation is 2. The van der Waals surface area contributed by atoms with Crippen LogP contribution in [-0.4, -0.2) is 26.0 Å². The van der Waals surface area contributed by atoms with Crippen LogP contribution in [0, 0.1) is 20.2 Å². The molecule has 0 aliphatic heterocycles. The summed E-state index contributed by atoms with van der Waals surface area (Å²) in [6, 6.07) is 8.30. The van der Waals surface area contributed by atoms with Gasteiger partial charge in [0.1, 0.15) is 0 Å². The predicted molar refractivity (Wildman–Crippen MR) is 104 cm³/mol. The normalized spacial score (nSPS) is 12.8. The fourth-order valence-corrected chi connectivity index (χ4v) is 3.36. The highest BCUT2D eigenvalue weighted by Gasteiger charge is 2.21. The highest BCUT2D eigenvalue weighted by atomic mass is 16.6. The minimum absolute atomic E-state index is 0.212. The average Bonchev–Trinajstić information content (AvgIpc) is 3.21. The van der Waals surface area contributed by atoms with E-state index in [1.54, 1.807) is 0 Å². The van der Waals surface area contributed by atoms with Crippen LogP contribution in [0.25, 0.3) is 11.5 Å². The third-order valence-electron chi connectivity index (χ3n) is 4.83. The molecule has 0 radical (unpaired) electrons. The molecule has 0 spiro atoms. The highest BCUT2D eigenvalue weighted by Crippen LogP contribution is 2.28. The van der Waals surface area contributed by atoms with Crippen molar-refractivity contribution in [2.75, 3.05) is 5.32 Å². The molecule has 11 nitrogen and oxygen atoms in total. The summed E-state index contributed by atoms with van der Waals surface area (Å²) in [5.74, 6) is -0.633. The zero-order valence-corrected chi connectivity index (χ0v) is 15.5. The number of amides is 1. The van der Waals surface area contributed by atoms with Crippen molar-refractivity contribution in [1.82, 2.24) is 10.2 Å². The van der Waals surface area contributed by atoms with Gasteiger partial charge < -0.3 is 4.42 Å². The molecule has 1 aromatic heterocycles. The molecule has 4 rings (SSSR count). The Kier molecular flexibility index (Phi) is 4.92. The van der Waals surface area contributed by atoms with Crippen LogP contribution in [0.3, 0.4) is 0 Å². The van der Waals surface area contributed by atoms with Gasteiger partial charge in [-0.3, -0.25) is 30.3 Å². The summed E-state index contributed by atoms with van der Waals surface area (Å²) in [6.07, 6.45) is 4.30. The van der Waals surface area contributed by atoms with Gasteiger partial charge in [-0.2, -0.15) is 0 Å².